The van der Waals surface area contributed by atoms with Gasteiger partial charge in [-0.05, 0) is 37.1 Å². The highest BCUT2D eigenvalue weighted by atomic mass is 32.1. The molecule has 0 spiro atoms. The van der Waals surface area contributed by atoms with Gasteiger partial charge >= 0.3 is 5.69 Å². The molecule has 0 radical (unpaired) electrons. The largest absolute Gasteiger partial charge is 0.332 e. The molecule has 9 nitrogen and oxygen atoms in total. The molecule has 1 amide bonds. The standard InChI is InChI=1S/C21H20N6O3S/c1-6-7-27-14-8-12(2)13(3)9-15(14)31-20(27)23-16(28)10-26-11-22-18-17(26)19(29)25(5)21(30)24(18)4/h1,8-9,11H,7,10H2,2-5H3. The fourth-order valence-electron chi connectivity index (χ4n) is 3.46. The SMILES string of the molecule is C#CCn1c(=NC(=O)Cn2cnc3c2c(=O)n(C)c(=O)n3C)sc2cc(C)c(C)cc21. The van der Waals surface area contributed by atoms with Gasteiger partial charge in [0.2, 0.25) is 0 Å². The second-order valence-electron chi connectivity index (χ2n) is 7.34. The fraction of sp³-hybridized carbons (Fsp3) is 0.286. The van der Waals surface area contributed by atoms with E-state index in [0.29, 0.717) is 4.80 Å². The first-order chi connectivity index (χ1) is 14.7. The molecule has 0 N–H and O–H groups in total. The number of aromatic nitrogens is 5. The van der Waals surface area contributed by atoms with Crippen LogP contribution in [0.25, 0.3) is 21.4 Å². The van der Waals surface area contributed by atoms with E-state index in [-0.39, 0.29) is 24.3 Å². The average Bonchev–Trinajstić information content (AvgIpc) is 3.27. The summed E-state index contributed by atoms with van der Waals surface area (Å²) in [7, 11) is 2.91. The predicted octanol–water partition coefficient (Wildman–Crippen LogP) is 0.827. The van der Waals surface area contributed by atoms with Gasteiger partial charge in [0.05, 0.1) is 23.1 Å². The second-order valence-corrected chi connectivity index (χ2v) is 8.34. The predicted molar refractivity (Wildman–Crippen MR) is 119 cm³/mol. The number of rotatable bonds is 3. The Bertz CT molecular complexity index is 1600. The molecule has 158 valence electrons. The highest BCUT2D eigenvalue weighted by Crippen LogP contribution is 2.22. The molecule has 0 fully saturated rings. The van der Waals surface area contributed by atoms with E-state index < -0.39 is 17.2 Å². The number of benzene rings is 1. The lowest BCUT2D eigenvalue weighted by atomic mass is 10.1. The normalized spacial score (nSPS) is 12.0. The Morgan fingerprint density at radius 2 is 1.90 bits per heavy atom. The zero-order chi connectivity index (χ0) is 22.4. The number of imidazole rings is 1. The van der Waals surface area contributed by atoms with Crippen molar-refractivity contribution < 1.29 is 4.79 Å². The maximum Gasteiger partial charge on any atom is 0.332 e. The lowest BCUT2D eigenvalue weighted by Gasteiger charge is -2.05. The summed E-state index contributed by atoms with van der Waals surface area (Å²) in [5, 5.41) is 0. The molecule has 1 aromatic carbocycles. The van der Waals surface area contributed by atoms with Crippen LogP contribution in [0.15, 0.2) is 33.0 Å². The minimum atomic E-state index is -0.515. The van der Waals surface area contributed by atoms with Crippen molar-refractivity contribution in [3.63, 3.8) is 0 Å². The van der Waals surface area contributed by atoms with Gasteiger partial charge < -0.3 is 9.13 Å². The first-order valence-corrected chi connectivity index (χ1v) is 10.3. The summed E-state index contributed by atoms with van der Waals surface area (Å²) < 4.78 is 6.49. The number of thiazole rings is 1. The number of carbonyl (C=O) groups is 1. The maximum absolute atomic E-state index is 12.8. The van der Waals surface area contributed by atoms with Crippen molar-refractivity contribution in [3.8, 4) is 12.3 Å². The Labute approximate surface area is 180 Å². The molecule has 4 aromatic rings. The molecular formula is C21H20N6O3S. The number of terminal acetylenes is 1. The van der Waals surface area contributed by atoms with Crippen LogP contribution in [0.4, 0.5) is 0 Å². The van der Waals surface area contributed by atoms with Crippen LogP contribution in [0.5, 0.6) is 0 Å². The number of hydrogen-bond donors (Lipinski definition) is 0. The van der Waals surface area contributed by atoms with Crippen molar-refractivity contribution in [1.82, 2.24) is 23.3 Å². The molecular weight excluding hydrogens is 416 g/mol. The molecule has 3 heterocycles. The Hall–Kier alpha value is -3.71. The van der Waals surface area contributed by atoms with Gasteiger partial charge in [-0.1, -0.05) is 17.3 Å². The van der Waals surface area contributed by atoms with Gasteiger partial charge in [0, 0.05) is 14.1 Å². The first kappa shape index (κ1) is 20.6. The van der Waals surface area contributed by atoms with Crippen LogP contribution in [0.3, 0.4) is 0 Å². The van der Waals surface area contributed by atoms with Gasteiger partial charge in [-0.25, -0.2) is 9.78 Å². The number of carbonyl (C=O) groups excluding carboxylic acids is 1. The summed E-state index contributed by atoms with van der Waals surface area (Å²) in [5.74, 6) is 2.15. The summed E-state index contributed by atoms with van der Waals surface area (Å²) in [5.41, 5.74) is 2.59. The van der Waals surface area contributed by atoms with Crippen LogP contribution in [0.1, 0.15) is 11.1 Å². The number of fused-ring (bicyclic) bond motifs is 2. The smallest absolute Gasteiger partial charge is 0.315 e. The lowest BCUT2D eigenvalue weighted by molar-refractivity contribution is -0.118. The van der Waals surface area contributed by atoms with E-state index in [1.807, 2.05) is 24.5 Å². The van der Waals surface area contributed by atoms with Crippen molar-refractivity contribution in [3.05, 3.63) is 55.2 Å². The Balaban J connectivity index is 1.82. The van der Waals surface area contributed by atoms with Crippen molar-refractivity contribution in [1.29, 1.82) is 0 Å². The minimum absolute atomic E-state index is 0.173. The molecule has 0 atom stereocenters. The zero-order valence-corrected chi connectivity index (χ0v) is 18.4. The van der Waals surface area contributed by atoms with Crippen molar-refractivity contribution >= 4 is 38.6 Å². The van der Waals surface area contributed by atoms with E-state index in [2.05, 4.69) is 22.0 Å². The molecule has 0 aliphatic carbocycles. The molecule has 0 aliphatic heterocycles. The molecule has 0 aliphatic rings. The molecule has 0 saturated heterocycles. The summed E-state index contributed by atoms with van der Waals surface area (Å²) >= 11 is 1.39. The highest BCUT2D eigenvalue weighted by Gasteiger charge is 2.16. The summed E-state index contributed by atoms with van der Waals surface area (Å²) in [4.78, 5) is 46.3. The average molecular weight is 436 g/mol. The van der Waals surface area contributed by atoms with Crippen LogP contribution in [0, 0.1) is 26.2 Å². The van der Waals surface area contributed by atoms with Gasteiger partial charge in [0.1, 0.15) is 6.54 Å². The molecule has 0 saturated carbocycles. The van der Waals surface area contributed by atoms with Gasteiger partial charge in [-0.2, -0.15) is 4.99 Å². The van der Waals surface area contributed by atoms with Crippen LogP contribution < -0.4 is 16.1 Å². The van der Waals surface area contributed by atoms with Gasteiger partial charge in [-0.15, -0.1) is 6.42 Å². The van der Waals surface area contributed by atoms with Gasteiger partial charge in [0.15, 0.2) is 16.0 Å². The Kier molecular flexibility index (Phi) is 4.99. The molecule has 0 bridgehead atoms. The van der Waals surface area contributed by atoms with E-state index in [4.69, 9.17) is 6.42 Å². The number of amides is 1. The zero-order valence-electron chi connectivity index (χ0n) is 17.5. The number of hydrogen-bond acceptors (Lipinski definition) is 5. The molecule has 10 heteroatoms. The number of aryl methyl sites for hydroxylation is 3. The highest BCUT2D eigenvalue weighted by molar-refractivity contribution is 7.16. The monoisotopic (exact) mass is 436 g/mol. The number of nitrogens with zero attached hydrogens (tertiary/aromatic N) is 6. The lowest BCUT2D eigenvalue weighted by Crippen LogP contribution is -2.37. The van der Waals surface area contributed by atoms with Crippen molar-refractivity contribution in [2.45, 2.75) is 26.9 Å². The second kappa shape index (κ2) is 7.52. The van der Waals surface area contributed by atoms with E-state index in [1.165, 1.54) is 40.9 Å². The minimum Gasteiger partial charge on any atom is -0.315 e. The van der Waals surface area contributed by atoms with Crippen molar-refractivity contribution in [2.24, 2.45) is 19.1 Å². The van der Waals surface area contributed by atoms with E-state index in [9.17, 15) is 14.4 Å². The third kappa shape index (κ3) is 3.33. The van der Waals surface area contributed by atoms with Gasteiger partial charge in [-0.3, -0.25) is 18.7 Å². The summed E-state index contributed by atoms with van der Waals surface area (Å²) in [6.45, 7) is 4.14. The van der Waals surface area contributed by atoms with Gasteiger partial charge in [0.25, 0.3) is 11.5 Å². The summed E-state index contributed by atoms with van der Waals surface area (Å²) in [6, 6.07) is 4.09. The quantitative estimate of drug-likeness (QED) is 0.445. The van der Waals surface area contributed by atoms with Crippen LogP contribution in [-0.2, 0) is 32.0 Å². The maximum atomic E-state index is 12.8. The third-order valence-electron chi connectivity index (χ3n) is 5.29. The van der Waals surface area contributed by atoms with Crippen LogP contribution in [0.2, 0.25) is 0 Å². The Morgan fingerprint density at radius 3 is 2.61 bits per heavy atom. The summed E-state index contributed by atoms with van der Waals surface area (Å²) in [6.07, 6.45) is 6.90. The molecule has 31 heavy (non-hydrogen) atoms. The molecule has 4 rings (SSSR count). The first-order valence-electron chi connectivity index (χ1n) is 9.45. The van der Waals surface area contributed by atoms with E-state index in [1.54, 1.807) is 0 Å². The van der Waals surface area contributed by atoms with Crippen LogP contribution >= 0.6 is 11.3 Å². The molecule has 3 aromatic heterocycles. The van der Waals surface area contributed by atoms with E-state index >= 15 is 0 Å². The van der Waals surface area contributed by atoms with Crippen LogP contribution in [-0.4, -0.2) is 29.2 Å². The molecule has 0 unspecified atom stereocenters. The van der Waals surface area contributed by atoms with E-state index in [0.717, 1.165) is 25.9 Å². The Morgan fingerprint density at radius 1 is 1.19 bits per heavy atom. The topological polar surface area (TPSA) is 96.2 Å². The fourth-order valence-corrected chi connectivity index (χ4v) is 4.58. The van der Waals surface area contributed by atoms with Crippen molar-refractivity contribution in [2.75, 3.05) is 0 Å². The third-order valence-corrected chi connectivity index (χ3v) is 6.33.